The molecular formula is C3H5N5S. The van der Waals surface area contributed by atoms with Crippen LogP contribution in [0.4, 0.5) is 5.95 Å². The van der Waals surface area contributed by atoms with E-state index >= 15 is 0 Å². The van der Waals surface area contributed by atoms with Gasteiger partial charge in [-0.2, -0.15) is 4.98 Å². The van der Waals surface area contributed by atoms with E-state index in [2.05, 4.69) is 20.3 Å². The second-order valence-corrected chi connectivity index (χ2v) is 2.03. The van der Waals surface area contributed by atoms with E-state index in [1.165, 1.54) is 11.8 Å². The Hall–Kier alpha value is -0.910. The van der Waals surface area contributed by atoms with Crippen LogP contribution in [-0.4, -0.2) is 21.4 Å². The first kappa shape index (κ1) is 6.21. The first-order valence-corrected chi connectivity index (χ1v) is 3.43. The molecule has 0 unspecified atom stereocenters. The maximum atomic E-state index is 6.51. The Morgan fingerprint density at radius 3 is 2.89 bits per heavy atom. The van der Waals surface area contributed by atoms with Gasteiger partial charge in [-0.3, -0.25) is 0 Å². The number of aromatic amines is 1. The lowest BCUT2D eigenvalue weighted by Gasteiger charge is -1.75. The van der Waals surface area contributed by atoms with E-state index in [-0.39, 0.29) is 5.95 Å². The summed E-state index contributed by atoms with van der Waals surface area (Å²) in [7, 11) is 0. The van der Waals surface area contributed by atoms with Crippen molar-refractivity contribution in [2.45, 2.75) is 5.16 Å². The summed E-state index contributed by atoms with van der Waals surface area (Å²) >= 11 is 1.41. The number of rotatable bonds is 2. The topological polar surface area (TPSA) is 77.8 Å². The zero-order chi connectivity index (χ0) is 6.69. The maximum Gasteiger partial charge on any atom is 0.265 e. The van der Waals surface area contributed by atoms with Crippen LogP contribution in [-0.2, 0) is 0 Å². The lowest BCUT2D eigenvalue weighted by Crippen LogP contribution is -1.68. The highest BCUT2D eigenvalue weighted by atomic mass is 32.2. The van der Waals surface area contributed by atoms with Gasteiger partial charge in [0.05, 0.1) is 0 Å². The molecule has 9 heavy (non-hydrogen) atoms. The summed E-state index contributed by atoms with van der Waals surface area (Å²) in [5, 5.41) is 9.85. The fourth-order valence-electron chi connectivity index (χ4n) is 0.380. The molecule has 0 fully saturated rings. The van der Waals surface area contributed by atoms with Crippen LogP contribution in [0.15, 0.2) is 10.3 Å². The highest BCUT2D eigenvalue weighted by Gasteiger charge is 1.96. The molecule has 0 spiro atoms. The summed E-state index contributed by atoms with van der Waals surface area (Å²) < 4.78 is 0. The summed E-state index contributed by atoms with van der Waals surface area (Å²) in [4.78, 5) is 3.79. The van der Waals surface area contributed by atoms with Gasteiger partial charge < -0.3 is 0 Å². The second kappa shape index (κ2) is 2.58. The summed E-state index contributed by atoms with van der Waals surface area (Å²) in [5.41, 5.74) is 6.51. The van der Waals surface area contributed by atoms with Gasteiger partial charge in [0.2, 0.25) is 5.16 Å². The second-order valence-electron chi connectivity index (χ2n) is 1.26. The Balaban J connectivity index is 2.86. The summed E-state index contributed by atoms with van der Waals surface area (Å²) in [6.45, 7) is 0. The number of aromatic nitrogens is 3. The minimum Gasteiger partial charge on any atom is -0.241 e. The van der Waals surface area contributed by atoms with E-state index in [4.69, 9.17) is 5.53 Å². The summed E-state index contributed by atoms with van der Waals surface area (Å²) in [6, 6.07) is 0. The van der Waals surface area contributed by atoms with Gasteiger partial charge in [0.1, 0.15) is 0 Å². The Bertz CT molecular complexity index is 206. The van der Waals surface area contributed by atoms with Gasteiger partial charge in [0.25, 0.3) is 5.95 Å². The van der Waals surface area contributed by atoms with Crippen LogP contribution in [0.3, 0.4) is 0 Å². The molecule has 5 nitrogen and oxygen atoms in total. The third-order valence-corrected chi connectivity index (χ3v) is 1.29. The standard InChI is InChI=1S/C3H5N5S/c1-9-3-5-2(6-4)7-8-3/h4H,1H3,(H,5,7,8). The molecule has 48 valence electrons. The van der Waals surface area contributed by atoms with Crippen LogP contribution < -0.4 is 0 Å². The Kier molecular flexibility index (Phi) is 1.78. The maximum absolute atomic E-state index is 6.51. The van der Waals surface area contributed by atoms with E-state index in [1.54, 1.807) is 0 Å². The predicted octanol–water partition coefficient (Wildman–Crippen LogP) is 1.19. The third-order valence-electron chi connectivity index (χ3n) is 0.742. The molecule has 0 saturated heterocycles. The lowest BCUT2D eigenvalue weighted by molar-refractivity contribution is 0.972. The van der Waals surface area contributed by atoms with Crippen LogP contribution >= 0.6 is 11.8 Å². The van der Waals surface area contributed by atoms with Crippen molar-refractivity contribution in [1.82, 2.24) is 15.2 Å². The molecule has 0 atom stereocenters. The fraction of sp³-hybridized carbons (Fsp3) is 0.333. The van der Waals surface area contributed by atoms with Gasteiger partial charge in [-0.15, -0.1) is 10.2 Å². The minimum atomic E-state index is 0.249. The number of hydrogen-bond acceptors (Lipinski definition) is 5. The average molecular weight is 143 g/mol. The molecule has 6 heteroatoms. The molecule has 2 N–H and O–H groups in total. The fourth-order valence-corrected chi connectivity index (χ4v) is 0.694. The lowest BCUT2D eigenvalue weighted by atomic mass is 11.1. The number of hydrogen-bond donors (Lipinski definition) is 2. The van der Waals surface area contributed by atoms with Gasteiger partial charge in [0, 0.05) is 0 Å². The Labute approximate surface area is 55.8 Å². The monoisotopic (exact) mass is 143 g/mol. The van der Waals surface area contributed by atoms with E-state index in [9.17, 15) is 0 Å². The van der Waals surface area contributed by atoms with Crippen LogP contribution in [0.1, 0.15) is 0 Å². The van der Waals surface area contributed by atoms with Crippen LogP contribution in [0.5, 0.6) is 0 Å². The summed E-state index contributed by atoms with van der Waals surface area (Å²) in [5.74, 6) is 0.249. The van der Waals surface area contributed by atoms with Crippen LogP contribution in [0.2, 0.25) is 0 Å². The van der Waals surface area contributed by atoms with Crippen molar-refractivity contribution in [2.75, 3.05) is 6.26 Å². The van der Waals surface area contributed by atoms with E-state index < -0.39 is 0 Å². The zero-order valence-corrected chi connectivity index (χ0v) is 5.57. The molecule has 1 heterocycles. The van der Waals surface area contributed by atoms with Crippen molar-refractivity contribution in [2.24, 2.45) is 5.11 Å². The molecular weight excluding hydrogens is 138 g/mol. The van der Waals surface area contributed by atoms with Gasteiger partial charge in [-0.05, 0) is 6.26 Å². The molecule has 0 aliphatic rings. The number of nitrogens with one attached hydrogen (secondary N) is 2. The largest absolute Gasteiger partial charge is 0.265 e. The average Bonchev–Trinajstić information content (AvgIpc) is 2.34. The Morgan fingerprint density at radius 2 is 2.56 bits per heavy atom. The van der Waals surface area contributed by atoms with Gasteiger partial charge >= 0.3 is 0 Å². The molecule has 0 radical (unpaired) electrons. The van der Waals surface area contributed by atoms with E-state index in [0.717, 1.165) is 0 Å². The van der Waals surface area contributed by atoms with Crippen molar-refractivity contribution in [1.29, 1.82) is 5.53 Å². The zero-order valence-electron chi connectivity index (χ0n) is 4.75. The molecule has 1 rings (SSSR count). The van der Waals surface area contributed by atoms with Crippen molar-refractivity contribution in [3.8, 4) is 0 Å². The molecule has 0 aromatic carbocycles. The molecule has 1 aromatic heterocycles. The normalized spacial score (nSPS) is 9.44. The van der Waals surface area contributed by atoms with Crippen molar-refractivity contribution < 1.29 is 0 Å². The summed E-state index contributed by atoms with van der Waals surface area (Å²) in [6.07, 6.45) is 1.86. The molecule has 0 aliphatic carbocycles. The van der Waals surface area contributed by atoms with Crippen molar-refractivity contribution in [3.63, 3.8) is 0 Å². The SMILES string of the molecule is CSc1n[nH]c(N=N)n1. The first-order valence-electron chi connectivity index (χ1n) is 2.20. The molecule has 0 saturated carbocycles. The quantitative estimate of drug-likeness (QED) is 0.482. The highest BCUT2D eigenvalue weighted by Crippen LogP contribution is 2.10. The smallest absolute Gasteiger partial charge is 0.241 e. The van der Waals surface area contributed by atoms with Gasteiger partial charge in [-0.1, -0.05) is 11.8 Å². The number of nitrogens with zero attached hydrogens (tertiary/aromatic N) is 3. The number of thioether (sulfide) groups is 1. The van der Waals surface area contributed by atoms with Gasteiger partial charge in [-0.25, -0.2) is 10.6 Å². The molecule has 0 bridgehead atoms. The Morgan fingerprint density at radius 1 is 1.78 bits per heavy atom. The minimum absolute atomic E-state index is 0.249. The highest BCUT2D eigenvalue weighted by molar-refractivity contribution is 7.98. The molecule has 0 amide bonds. The van der Waals surface area contributed by atoms with E-state index in [0.29, 0.717) is 5.16 Å². The molecule has 1 aromatic rings. The number of H-pyrrole nitrogens is 1. The van der Waals surface area contributed by atoms with Gasteiger partial charge in [0.15, 0.2) is 0 Å². The van der Waals surface area contributed by atoms with Crippen molar-refractivity contribution >= 4 is 17.7 Å². The van der Waals surface area contributed by atoms with Crippen LogP contribution in [0.25, 0.3) is 0 Å². The first-order chi connectivity index (χ1) is 4.36. The van der Waals surface area contributed by atoms with Crippen LogP contribution in [0, 0.1) is 5.53 Å². The molecule has 0 aliphatic heterocycles. The van der Waals surface area contributed by atoms with Crippen molar-refractivity contribution in [3.05, 3.63) is 0 Å². The van der Waals surface area contributed by atoms with E-state index in [1.807, 2.05) is 6.26 Å². The third kappa shape index (κ3) is 1.26. The predicted molar refractivity (Wildman–Crippen MR) is 33.0 cm³/mol.